The Morgan fingerprint density at radius 2 is 1.96 bits per heavy atom. The Kier molecular flexibility index (Phi) is 3.61. The number of hydrogen-bond acceptors (Lipinski definition) is 3. The molecule has 134 valence electrons. The Morgan fingerprint density at radius 1 is 1.15 bits per heavy atom. The van der Waals surface area contributed by atoms with Gasteiger partial charge in [-0.25, -0.2) is 13.9 Å². The van der Waals surface area contributed by atoms with Gasteiger partial charge in [0.1, 0.15) is 15.9 Å². The number of aryl methyl sites for hydroxylation is 1. The van der Waals surface area contributed by atoms with Gasteiger partial charge in [-0.1, -0.05) is 12.1 Å². The molecule has 6 heteroatoms. The van der Waals surface area contributed by atoms with E-state index in [-0.39, 0.29) is 11.2 Å². The molecule has 1 aliphatic carbocycles. The Labute approximate surface area is 160 Å². The fourth-order valence-electron chi connectivity index (χ4n) is 4.63. The van der Waals surface area contributed by atoms with Crippen LogP contribution in [0.5, 0.6) is 0 Å². The van der Waals surface area contributed by atoms with Gasteiger partial charge < -0.3 is 4.90 Å². The number of piperidine rings is 1. The third-order valence-corrected chi connectivity index (χ3v) is 7.00. The molecule has 1 saturated heterocycles. The number of anilines is 1. The second-order valence-electron chi connectivity index (χ2n) is 7.66. The van der Waals surface area contributed by atoms with Crippen LogP contribution < -0.4 is 4.90 Å². The van der Waals surface area contributed by atoms with Crippen LogP contribution in [0.1, 0.15) is 29.7 Å². The second kappa shape index (κ2) is 5.78. The SMILES string of the molecule is Cc1nc(N2CCC3(CC2)Cc2cccc(F)c2C3)c2ccnn2c1Br. The van der Waals surface area contributed by atoms with E-state index < -0.39 is 0 Å². The average molecular weight is 415 g/mol. The van der Waals surface area contributed by atoms with Crippen molar-refractivity contribution in [2.75, 3.05) is 18.0 Å². The zero-order valence-electron chi connectivity index (χ0n) is 14.7. The van der Waals surface area contributed by atoms with Crippen LogP contribution in [0.4, 0.5) is 10.2 Å². The summed E-state index contributed by atoms with van der Waals surface area (Å²) in [4.78, 5) is 7.19. The van der Waals surface area contributed by atoms with Crippen LogP contribution in [0, 0.1) is 18.2 Å². The Balaban J connectivity index is 1.42. The minimum absolute atomic E-state index is 0.0343. The third kappa shape index (κ3) is 2.38. The van der Waals surface area contributed by atoms with Crippen molar-refractivity contribution in [3.63, 3.8) is 0 Å². The monoisotopic (exact) mass is 414 g/mol. The molecule has 4 nitrogen and oxygen atoms in total. The summed E-state index contributed by atoms with van der Waals surface area (Å²) < 4.78 is 17.0. The average Bonchev–Trinajstić information content (AvgIpc) is 3.25. The van der Waals surface area contributed by atoms with Gasteiger partial charge in [-0.15, -0.1) is 0 Å². The summed E-state index contributed by atoms with van der Waals surface area (Å²) in [6.45, 7) is 3.89. The topological polar surface area (TPSA) is 33.4 Å². The lowest BCUT2D eigenvalue weighted by atomic mass is 9.76. The van der Waals surface area contributed by atoms with Crippen LogP contribution in [0.3, 0.4) is 0 Å². The maximum Gasteiger partial charge on any atom is 0.155 e. The lowest BCUT2D eigenvalue weighted by Crippen LogP contribution is -2.41. The number of fused-ring (bicyclic) bond motifs is 2. The van der Waals surface area contributed by atoms with Crippen molar-refractivity contribution in [1.29, 1.82) is 0 Å². The predicted octanol–water partition coefficient (Wildman–Crippen LogP) is 4.32. The minimum Gasteiger partial charge on any atom is -0.355 e. The molecular weight excluding hydrogens is 395 g/mol. The van der Waals surface area contributed by atoms with E-state index in [1.54, 1.807) is 6.07 Å². The van der Waals surface area contributed by atoms with E-state index in [0.717, 1.165) is 66.0 Å². The molecule has 0 atom stereocenters. The molecule has 0 unspecified atom stereocenters. The van der Waals surface area contributed by atoms with Gasteiger partial charge >= 0.3 is 0 Å². The first kappa shape index (κ1) is 16.2. The molecule has 2 aliphatic rings. The largest absolute Gasteiger partial charge is 0.355 e. The van der Waals surface area contributed by atoms with Gasteiger partial charge in [0.15, 0.2) is 5.82 Å². The lowest BCUT2D eigenvalue weighted by molar-refractivity contribution is 0.231. The molecule has 1 aliphatic heterocycles. The van der Waals surface area contributed by atoms with E-state index in [9.17, 15) is 4.39 Å². The quantitative estimate of drug-likeness (QED) is 0.594. The number of hydrogen-bond donors (Lipinski definition) is 0. The summed E-state index contributed by atoms with van der Waals surface area (Å²) in [5.41, 5.74) is 4.32. The predicted molar refractivity (Wildman–Crippen MR) is 103 cm³/mol. The summed E-state index contributed by atoms with van der Waals surface area (Å²) in [6.07, 6.45) is 5.82. The number of halogens is 2. The minimum atomic E-state index is -0.0343. The molecule has 26 heavy (non-hydrogen) atoms. The molecule has 0 amide bonds. The van der Waals surface area contributed by atoms with Crippen LogP contribution >= 0.6 is 15.9 Å². The number of rotatable bonds is 1. The van der Waals surface area contributed by atoms with Gasteiger partial charge in [-0.2, -0.15) is 5.10 Å². The van der Waals surface area contributed by atoms with E-state index in [4.69, 9.17) is 4.98 Å². The first-order valence-electron chi connectivity index (χ1n) is 9.07. The van der Waals surface area contributed by atoms with Gasteiger partial charge in [-0.3, -0.25) is 0 Å². The highest BCUT2D eigenvalue weighted by molar-refractivity contribution is 9.10. The van der Waals surface area contributed by atoms with Crippen LogP contribution in [-0.2, 0) is 12.8 Å². The van der Waals surface area contributed by atoms with E-state index in [0.29, 0.717) is 0 Å². The zero-order chi connectivity index (χ0) is 17.9. The first-order chi connectivity index (χ1) is 12.6. The molecule has 1 fully saturated rings. The van der Waals surface area contributed by atoms with E-state index in [1.807, 2.05) is 29.8 Å². The summed E-state index contributed by atoms with van der Waals surface area (Å²) >= 11 is 3.57. The van der Waals surface area contributed by atoms with E-state index in [1.165, 1.54) is 5.56 Å². The maximum absolute atomic E-state index is 14.2. The van der Waals surface area contributed by atoms with Crippen molar-refractivity contribution in [2.45, 2.75) is 32.6 Å². The number of aromatic nitrogens is 3. The molecule has 2 aromatic heterocycles. The fraction of sp³-hybridized carbons (Fsp3) is 0.400. The van der Waals surface area contributed by atoms with E-state index >= 15 is 0 Å². The molecule has 0 bridgehead atoms. The van der Waals surface area contributed by atoms with Crippen molar-refractivity contribution in [3.8, 4) is 0 Å². The van der Waals surface area contributed by atoms with Gasteiger partial charge in [0.2, 0.25) is 0 Å². The van der Waals surface area contributed by atoms with Crippen LogP contribution in [-0.4, -0.2) is 27.7 Å². The van der Waals surface area contributed by atoms with Gasteiger partial charge in [0.05, 0.1) is 11.9 Å². The number of benzene rings is 1. The molecule has 0 radical (unpaired) electrons. The first-order valence-corrected chi connectivity index (χ1v) is 9.87. The standard InChI is InChI=1S/C20H20BrFN4/c1-13-18(21)26-17(5-8-23-26)19(24-13)25-9-6-20(7-10-25)11-14-3-2-4-16(22)15(14)12-20/h2-5,8H,6-7,9-12H2,1H3. The smallest absolute Gasteiger partial charge is 0.155 e. The summed E-state index contributed by atoms with van der Waals surface area (Å²) in [7, 11) is 0. The van der Waals surface area contributed by atoms with Crippen molar-refractivity contribution < 1.29 is 4.39 Å². The second-order valence-corrected chi connectivity index (χ2v) is 8.41. The van der Waals surface area contributed by atoms with Crippen molar-refractivity contribution in [1.82, 2.24) is 14.6 Å². The molecular formula is C20H20BrFN4. The van der Waals surface area contributed by atoms with Crippen molar-refractivity contribution in [2.24, 2.45) is 5.41 Å². The molecule has 0 saturated carbocycles. The van der Waals surface area contributed by atoms with E-state index in [2.05, 4.69) is 32.0 Å². The van der Waals surface area contributed by atoms with Crippen LogP contribution in [0.2, 0.25) is 0 Å². The lowest BCUT2D eigenvalue weighted by Gasteiger charge is -2.40. The Morgan fingerprint density at radius 3 is 2.73 bits per heavy atom. The summed E-state index contributed by atoms with van der Waals surface area (Å²) in [6, 6.07) is 7.54. The third-order valence-electron chi connectivity index (χ3n) is 6.09. The highest BCUT2D eigenvalue weighted by atomic mass is 79.9. The highest BCUT2D eigenvalue weighted by Gasteiger charge is 2.41. The Hall–Kier alpha value is -1.95. The molecule has 0 N–H and O–H groups in total. The normalized spacial score (nSPS) is 18.7. The van der Waals surface area contributed by atoms with Crippen molar-refractivity contribution >= 4 is 27.3 Å². The maximum atomic E-state index is 14.2. The fourth-order valence-corrected chi connectivity index (χ4v) is 5.00. The molecule has 1 spiro atoms. The van der Waals surface area contributed by atoms with Crippen LogP contribution in [0.25, 0.3) is 5.52 Å². The van der Waals surface area contributed by atoms with Gasteiger partial charge in [-0.05, 0) is 77.2 Å². The van der Waals surface area contributed by atoms with Crippen molar-refractivity contribution in [3.05, 3.63) is 57.7 Å². The van der Waals surface area contributed by atoms with Crippen LogP contribution in [0.15, 0.2) is 35.1 Å². The molecule has 1 aromatic carbocycles. The zero-order valence-corrected chi connectivity index (χ0v) is 16.3. The van der Waals surface area contributed by atoms with Gasteiger partial charge in [0.25, 0.3) is 0 Å². The molecule has 5 rings (SSSR count). The van der Waals surface area contributed by atoms with Gasteiger partial charge in [0, 0.05) is 13.1 Å². The summed E-state index contributed by atoms with van der Waals surface area (Å²) in [5, 5.41) is 4.40. The summed E-state index contributed by atoms with van der Waals surface area (Å²) in [5.74, 6) is 0.965. The highest BCUT2D eigenvalue weighted by Crippen LogP contribution is 2.46. The molecule has 3 heterocycles. The Bertz CT molecular complexity index is 1000. The number of nitrogens with zero attached hydrogens (tertiary/aromatic N) is 4. The molecule has 3 aromatic rings.